The number of alkyl halides is 2. The molecule has 10 heavy (non-hydrogen) atoms. The van der Waals surface area contributed by atoms with E-state index in [4.69, 9.17) is 0 Å². The summed E-state index contributed by atoms with van der Waals surface area (Å²) in [5, 5.41) is 0. The minimum absolute atomic E-state index is 1.03. The van der Waals surface area contributed by atoms with Crippen molar-refractivity contribution in [1.82, 2.24) is 5.48 Å². The average molecular weight is 154 g/mol. The molecule has 0 bridgehead atoms. The lowest BCUT2D eigenvalue weighted by Gasteiger charge is -2.11. The Kier molecular flexibility index (Phi) is 3.17. The molecule has 0 aliphatic rings. The number of halogens is 2. The molecular formula is C4H8F2N2O2. The molecule has 0 aliphatic carbocycles. The van der Waals surface area contributed by atoms with E-state index in [0.717, 1.165) is 7.11 Å². The van der Waals surface area contributed by atoms with Crippen molar-refractivity contribution in [2.24, 2.45) is 5.73 Å². The molecule has 0 saturated heterocycles. The Morgan fingerprint density at radius 3 is 2.60 bits per heavy atom. The molecule has 0 radical (unpaired) electrons. The fourth-order valence-corrected chi connectivity index (χ4v) is 0.260. The lowest BCUT2D eigenvalue weighted by atomic mass is 10.3. The Bertz CT molecular complexity index is 128. The number of carbonyl (C=O) groups is 1. The van der Waals surface area contributed by atoms with Crippen LogP contribution in [-0.2, 0) is 9.63 Å². The Morgan fingerprint density at radius 1 is 1.80 bits per heavy atom. The SMILES string of the molecule is CONC(=O)C(F)(F)CN. The maximum Gasteiger partial charge on any atom is 0.338 e. The summed E-state index contributed by atoms with van der Waals surface area (Å²) in [4.78, 5) is 14.2. The van der Waals surface area contributed by atoms with Crippen LogP contribution in [0.2, 0.25) is 0 Å². The van der Waals surface area contributed by atoms with E-state index >= 15 is 0 Å². The first-order chi connectivity index (χ1) is 4.54. The molecule has 0 unspecified atom stereocenters. The summed E-state index contributed by atoms with van der Waals surface area (Å²) >= 11 is 0. The van der Waals surface area contributed by atoms with E-state index in [1.807, 2.05) is 0 Å². The van der Waals surface area contributed by atoms with Gasteiger partial charge in [0.25, 0.3) is 0 Å². The van der Waals surface area contributed by atoms with Gasteiger partial charge in [0.1, 0.15) is 0 Å². The Morgan fingerprint density at radius 2 is 2.30 bits per heavy atom. The van der Waals surface area contributed by atoms with Crippen LogP contribution in [0.15, 0.2) is 0 Å². The molecular weight excluding hydrogens is 146 g/mol. The second-order valence-electron chi connectivity index (χ2n) is 1.54. The van der Waals surface area contributed by atoms with Gasteiger partial charge in [-0.25, -0.2) is 5.48 Å². The molecule has 0 heterocycles. The van der Waals surface area contributed by atoms with Crippen molar-refractivity contribution in [2.45, 2.75) is 5.92 Å². The monoisotopic (exact) mass is 154 g/mol. The lowest BCUT2D eigenvalue weighted by Crippen LogP contribution is -2.44. The van der Waals surface area contributed by atoms with Crippen molar-refractivity contribution in [2.75, 3.05) is 13.7 Å². The van der Waals surface area contributed by atoms with E-state index in [1.165, 1.54) is 5.48 Å². The second kappa shape index (κ2) is 3.43. The molecule has 0 atom stereocenters. The number of hydrogen-bond acceptors (Lipinski definition) is 3. The van der Waals surface area contributed by atoms with Gasteiger partial charge in [-0.2, -0.15) is 8.78 Å². The van der Waals surface area contributed by atoms with Crippen LogP contribution in [0, 0.1) is 0 Å². The molecule has 0 aliphatic heterocycles. The van der Waals surface area contributed by atoms with Crippen LogP contribution in [-0.4, -0.2) is 25.5 Å². The molecule has 0 spiro atoms. The first kappa shape index (κ1) is 9.25. The van der Waals surface area contributed by atoms with Gasteiger partial charge in [0, 0.05) is 0 Å². The number of hydroxylamine groups is 1. The van der Waals surface area contributed by atoms with E-state index in [1.54, 1.807) is 0 Å². The van der Waals surface area contributed by atoms with Crippen molar-refractivity contribution in [1.29, 1.82) is 0 Å². The maximum atomic E-state index is 12.1. The van der Waals surface area contributed by atoms with Crippen LogP contribution in [0.25, 0.3) is 0 Å². The lowest BCUT2D eigenvalue weighted by molar-refractivity contribution is -0.155. The molecule has 0 saturated carbocycles. The summed E-state index contributed by atoms with van der Waals surface area (Å²) in [5.74, 6) is -5.08. The molecule has 0 fully saturated rings. The molecule has 0 aromatic heterocycles. The van der Waals surface area contributed by atoms with Gasteiger partial charge < -0.3 is 5.73 Å². The first-order valence-corrected chi connectivity index (χ1v) is 2.46. The largest absolute Gasteiger partial charge is 0.338 e. The quantitative estimate of drug-likeness (QED) is 0.526. The van der Waals surface area contributed by atoms with Crippen molar-refractivity contribution in [3.8, 4) is 0 Å². The topological polar surface area (TPSA) is 64.3 Å². The number of amides is 1. The van der Waals surface area contributed by atoms with Crippen LogP contribution < -0.4 is 11.2 Å². The van der Waals surface area contributed by atoms with Gasteiger partial charge in [0.2, 0.25) is 0 Å². The number of rotatable bonds is 3. The van der Waals surface area contributed by atoms with Crippen molar-refractivity contribution < 1.29 is 18.4 Å². The highest BCUT2D eigenvalue weighted by Crippen LogP contribution is 2.09. The zero-order chi connectivity index (χ0) is 8.20. The molecule has 6 heteroatoms. The van der Waals surface area contributed by atoms with E-state index in [0.29, 0.717) is 0 Å². The van der Waals surface area contributed by atoms with Gasteiger partial charge in [-0.05, 0) is 0 Å². The molecule has 0 aromatic rings. The number of hydrogen-bond donors (Lipinski definition) is 2. The standard InChI is InChI=1S/C4H8F2N2O2/c1-10-8-3(9)4(5,6)2-7/h2,7H2,1H3,(H,8,9). The molecule has 0 rings (SSSR count). The number of carbonyl (C=O) groups excluding carboxylic acids is 1. The summed E-state index contributed by atoms with van der Waals surface area (Å²) < 4.78 is 24.2. The van der Waals surface area contributed by atoms with Crippen LogP contribution >= 0.6 is 0 Å². The third-order valence-electron chi connectivity index (χ3n) is 0.783. The third-order valence-corrected chi connectivity index (χ3v) is 0.783. The number of nitrogens with two attached hydrogens (primary N) is 1. The minimum Gasteiger partial charge on any atom is -0.325 e. The summed E-state index contributed by atoms with van der Waals surface area (Å²) in [6.07, 6.45) is 0. The van der Waals surface area contributed by atoms with Gasteiger partial charge >= 0.3 is 11.8 Å². The fraction of sp³-hybridized carbons (Fsp3) is 0.750. The average Bonchev–Trinajstić information content (AvgIpc) is 1.89. The molecule has 4 nitrogen and oxygen atoms in total. The van der Waals surface area contributed by atoms with Crippen molar-refractivity contribution >= 4 is 5.91 Å². The first-order valence-electron chi connectivity index (χ1n) is 2.46. The van der Waals surface area contributed by atoms with Gasteiger partial charge in [0.15, 0.2) is 0 Å². The summed E-state index contributed by atoms with van der Waals surface area (Å²) in [6.45, 7) is -1.03. The zero-order valence-electron chi connectivity index (χ0n) is 5.36. The highest BCUT2D eigenvalue weighted by molar-refractivity contribution is 5.82. The maximum absolute atomic E-state index is 12.1. The van der Waals surface area contributed by atoms with Gasteiger partial charge in [-0.3, -0.25) is 9.63 Å². The molecule has 0 aromatic carbocycles. The van der Waals surface area contributed by atoms with E-state index in [9.17, 15) is 13.6 Å². The predicted molar refractivity (Wildman–Crippen MR) is 29.2 cm³/mol. The Hall–Kier alpha value is -0.750. The van der Waals surface area contributed by atoms with Crippen molar-refractivity contribution in [3.05, 3.63) is 0 Å². The normalized spacial score (nSPS) is 11.2. The second-order valence-corrected chi connectivity index (χ2v) is 1.54. The Labute approximate surface area is 56.3 Å². The summed E-state index contributed by atoms with van der Waals surface area (Å²) in [7, 11) is 1.06. The van der Waals surface area contributed by atoms with Crippen LogP contribution in [0.1, 0.15) is 0 Å². The van der Waals surface area contributed by atoms with Gasteiger partial charge in [-0.15, -0.1) is 0 Å². The number of nitrogens with one attached hydrogen (secondary N) is 1. The molecule has 1 amide bonds. The summed E-state index contributed by atoms with van der Waals surface area (Å²) in [5.41, 5.74) is 6.04. The zero-order valence-corrected chi connectivity index (χ0v) is 5.36. The smallest absolute Gasteiger partial charge is 0.325 e. The minimum atomic E-state index is -3.55. The third kappa shape index (κ3) is 2.24. The highest BCUT2D eigenvalue weighted by Gasteiger charge is 2.36. The Balaban J connectivity index is 3.91. The van der Waals surface area contributed by atoms with Crippen LogP contribution in [0.3, 0.4) is 0 Å². The molecule has 60 valence electrons. The predicted octanol–water partition coefficient (Wildman–Crippen LogP) is -0.742. The van der Waals surface area contributed by atoms with Gasteiger partial charge in [-0.1, -0.05) is 0 Å². The van der Waals surface area contributed by atoms with Gasteiger partial charge in [0.05, 0.1) is 13.7 Å². The molecule has 3 N–H and O–H groups in total. The van der Waals surface area contributed by atoms with Crippen molar-refractivity contribution in [3.63, 3.8) is 0 Å². The van der Waals surface area contributed by atoms with E-state index in [-0.39, 0.29) is 0 Å². The van der Waals surface area contributed by atoms with E-state index in [2.05, 4.69) is 10.6 Å². The van der Waals surface area contributed by atoms with Crippen LogP contribution in [0.5, 0.6) is 0 Å². The fourth-order valence-electron chi connectivity index (χ4n) is 0.260. The summed E-state index contributed by atoms with van der Waals surface area (Å²) in [6, 6.07) is 0. The van der Waals surface area contributed by atoms with E-state index < -0.39 is 18.4 Å². The highest BCUT2D eigenvalue weighted by atomic mass is 19.3. The van der Waals surface area contributed by atoms with Crippen LogP contribution in [0.4, 0.5) is 8.78 Å².